The fourth-order valence-electron chi connectivity index (χ4n) is 1.24. The van der Waals surface area contributed by atoms with Crippen molar-refractivity contribution < 1.29 is 0 Å². The van der Waals surface area contributed by atoms with E-state index < -0.39 is 0 Å². The third-order valence-electron chi connectivity index (χ3n) is 1.98. The number of fused-ring (bicyclic) bond motifs is 1. The van der Waals surface area contributed by atoms with Crippen molar-refractivity contribution in [3.8, 4) is 0 Å². The highest BCUT2D eigenvalue weighted by Gasteiger charge is 2.47. The highest BCUT2D eigenvalue weighted by molar-refractivity contribution is 7.99. The van der Waals surface area contributed by atoms with E-state index in [1.54, 1.807) is 0 Å². The molecule has 54 valence electrons. The van der Waals surface area contributed by atoms with Gasteiger partial charge in [-0.05, 0) is 7.05 Å². The molecule has 0 aromatic rings. The predicted octanol–water partition coefficient (Wildman–Crippen LogP) is 1.44. The number of rotatable bonds is 0. The molecule has 0 amide bonds. The molecule has 0 aromatic heterocycles. The molecule has 2 heterocycles. The highest BCUT2D eigenvalue weighted by atomic mass is 32.2. The number of hydrogen-bond acceptors (Lipinski definition) is 2. The molecule has 2 atom stereocenters. The number of hydrogen-bond donors (Lipinski definition) is 0. The Morgan fingerprint density at radius 2 is 1.67 bits per heavy atom. The molecule has 0 aliphatic carbocycles. The van der Waals surface area contributed by atoms with E-state index in [-0.39, 0.29) is 0 Å². The summed E-state index contributed by atoms with van der Waals surface area (Å²) in [6.45, 7) is 4.00. The largest absolute Gasteiger partial charge is 0.296 e. The van der Waals surface area contributed by atoms with Gasteiger partial charge in [0.2, 0.25) is 0 Å². The van der Waals surface area contributed by atoms with Crippen molar-refractivity contribution in [1.29, 1.82) is 0 Å². The van der Waals surface area contributed by atoms with Gasteiger partial charge in [-0.1, -0.05) is 13.8 Å². The van der Waals surface area contributed by atoms with Gasteiger partial charge in [0.15, 0.2) is 0 Å². The number of thioether (sulfide) groups is 1. The van der Waals surface area contributed by atoms with Crippen molar-refractivity contribution in [2.24, 2.45) is 0 Å². The van der Waals surface area contributed by atoms with Crippen LogP contribution in [0.1, 0.15) is 13.8 Å². The minimum absolute atomic E-state index is 0.977. The van der Waals surface area contributed by atoms with Crippen molar-refractivity contribution in [3.05, 3.63) is 0 Å². The maximum absolute atomic E-state index is 2.45. The standard InChI is InChI=1S/C5H9NS.C2H6/c1-6-4-2-7-3-5(4)6;1-2/h4-5H,2-3H2,1H3;1-2H3. The highest BCUT2D eigenvalue weighted by Crippen LogP contribution is 2.37. The van der Waals surface area contributed by atoms with Crippen LogP contribution in [-0.4, -0.2) is 35.5 Å². The molecule has 2 unspecified atom stereocenters. The SMILES string of the molecule is CC.CN1C2CSCC21. The summed E-state index contributed by atoms with van der Waals surface area (Å²) in [5.74, 6) is 2.78. The Morgan fingerprint density at radius 1 is 1.22 bits per heavy atom. The van der Waals surface area contributed by atoms with Crippen molar-refractivity contribution in [2.45, 2.75) is 25.9 Å². The second-order valence-corrected chi connectivity index (χ2v) is 3.41. The van der Waals surface area contributed by atoms with E-state index in [0.29, 0.717) is 0 Å². The minimum atomic E-state index is 0.977. The van der Waals surface area contributed by atoms with Crippen molar-refractivity contribution in [2.75, 3.05) is 18.6 Å². The molecule has 2 saturated heterocycles. The summed E-state index contributed by atoms with van der Waals surface area (Å²) in [5.41, 5.74) is 0. The molecule has 1 nitrogen and oxygen atoms in total. The quantitative estimate of drug-likeness (QED) is 0.474. The topological polar surface area (TPSA) is 3.01 Å². The summed E-state index contributed by atoms with van der Waals surface area (Å²) in [6, 6.07) is 1.95. The van der Waals surface area contributed by atoms with Gasteiger partial charge in [0.1, 0.15) is 0 Å². The van der Waals surface area contributed by atoms with Crippen LogP contribution >= 0.6 is 11.8 Å². The van der Waals surface area contributed by atoms with Gasteiger partial charge in [0, 0.05) is 23.6 Å². The van der Waals surface area contributed by atoms with Gasteiger partial charge in [-0.2, -0.15) is 11.8 Å². The van der Waals surface area contributed by atoms with Gasteiger partial charge in [-0.15, -0.1) is 0 Å². The van der Waals surface area contributed by atoms with E-state index in [9.17, 15) is 0 Å². The Balaban J connectivity index is 0.000000186. The van der Waals surface area contributed by atoms with E-state index >= 15 is 0 Å². The average molecular weight is 145 g/mol. The smallest absolute Gasteiger partial charge is 0.0351 e. The summed E-state index contributed by atoms with van der Waals surface area (Å²) < 4.78 is 0. The molecule has 0 radical (unpaired) electrons. The van der Waals surface area contributed by atoms with Gasteiger partial charge in [-0.3, -0.25) is 4.90 Å². The van der Waals surface area contributed by atoms with Crippen molar-refractivity contribution in [1.82, 2.24) is 4.90 Å². The van der Waals surface area contributed by atoms with Crippen LogP contribution in [0.2, 0.25) is 0 Å². The van der Waals surface area contributed by atoms with Crippen LogP contribution in [0.4, 0.5) is 0 Å². The summed E-state index contributed by atoms with van der Waals surface area (Å²) in [7, 11) is 2.22. The Kier molecular flexibility index (Phi) is 2.42. The van der Waals surface area contributed by atoms with E-state index in [0.717, 1.165) is 12.1 Å². The van der Waals surface area contributed by atoms with Crippen LogP contribution in [-0.2, 0) is 0 Å². The number of nitrogens with zero attached hydrogens (tertiary/aromatic N) is 1. The van der Waals surface area contributed by atoms with Crippen LogP contribution in [0.3, 0.4) is 0 Å². The molecular formula is C7H15NS. The third-order valence-corrected chi connectivity index (χ3v) is 3.13. The van der Waals surface area contributed by atoms with Crippen LogP contribution in [0.5, 0.6) is 0 Å². The fourth-order valence-corrected chi connectivity index (χ4v) is 2.77. The third kappa shape index (κ3) is 1.24. The summed E-state index contributed by atoms with van der Waals surface area (Å²) in [6.07, 6.45) is 0. The fraction of sp³-hybridized carbons (Fsp3) is 1.00. The molecule has 9 heavy (non-hydrogen) atoms. The van der Waals surface area contributed by atoms with Gasteiger partial charge in [-0.25, -0.2) is 0 Å². The summed E-state index contributed by atoms with van der Waals surface area (Å²) in [4.78, 5) is 2.45. The zero-order chi connectivity index (χ0) is 6.85. The lowest BCUT2D eigenvalue weighted by Crippen LogP contribution is -1.99. The van der Waals surface area contributed by atoms with Gasteiger partial charge in [0.25, 0.3) is 0 Å². The molecule has 2 aliphatic heterocycles. The van der Waals surface area contributed by atoms with Crippen molar-refractivity contribution >= 4 is 11.8 Å². The van der Waals surface area contributed by atoms with Crippen LogP contribution < -0.4 is 0 Å². The monoisotopic (exact) mass is 145 g/mol. The first-order valence-electron chi connectivity index (χ1n) is 3.69. The molecular weight excluding hydrogens is 130 g/mol. The lowest BCUT2D eigenvalue weighted by atomic mass is 10.4. The maximum atomic E-state index is 2.45. The van der Waals surface area contributed by atoms with Gasteiger partial charge >= 0.3 is 0 Å². The molecule has 0 bridgehead atoms. The lowest BCUT2D eigenvalue weighted by Gasteiger charge is -1.94. The average Bonchev–Trinajstić information content (AvgIpc) is 2.36. The summed E-state index contributed by atoms with van der Waals surface area (Å²) in [5, 5.41) is 0. The van der Waals surface area contributed by atoms with E-state index in [1.165, 1.54) is 11.5 Å². The van der Waals surface area contributed by atoms with Gasteiger partial charge < -0.3 is 0 Å². The van der Waals surface area contributed by atoms with Gasteiger partial charge in [0.05, 0.1) is 0 Å². The first-order chi connectivity index (χ1) is 4.39. The lowest BCUT2D eigenvalue weighted by molar-refractivity contribution is 0.603. The molecule has 2 aliphatic rings. The van der Waals surface area contributed by atoms with Crippen LogP contribution in [0, 0.1) is 0 Å². The molecule has 0 aromatic carbocycles. The number of likely N-dealkylation sites (N-methyl/N-ethyl adjacent to an activating group) is 1. The molecule has 0 spiro atoms. The minimum Gasteiger partial charge on any atom is -0.296 e. The molecule has 0 N–H and O–H groups in total. The Labute approximate surface area is 61.8 Å². The van der Waals surface area contributed by atoms with E-state index in [4.69, 9.17) is 0 Å². The maximum Gasteiger partial charge on any atom is 0.0351 e. The molecule has 2 fully saturated rings. The molecule has 0 saturated carbocycles. The second-order valence-electron chi connectivity index (χ2n) is 2.34. The normalized spacial score (nSPS) is 45.0. The Bertz CT molecular complexity index is 84.9. The predicted molar refractivity (Wildman–Crippen MR) is 44.0 cm³/mol. The molecule has 2 heteroatoms. The Hall–Kier alpha value is 0.310. The van der Waals surface area contributed by atoms with Crippen LogP contribution in [0.15, 0.2) is 0 Å². The zero-order valence-corrected chi connectivity index (χ0v) is 7.24. The second kappa shape index (κ2) is 2.93. The molecule has 2 rings (SSSR count). The Morgan fingerprint density at radius 3 is 1.89 bits per heavy atom. The van der Waals surface area contributed by atoms with E-state index in [1.807, 2.05) is 13.8 Å². The summed E-state index contributed by atoms with van der Waals surface area (Å²) >= 11 is 2.09. The first kappa shape index (κ1) is 7.42. The van der Waals surface area contributed by atoms with Crippen LogP contribution in [0.25, 0.3) is 0 Å². The first-order valence-corrected chi connectivity index (χ1v) is 4.85. The van der Waals surface area contributed by atoms with E-state index in [2.05, 4.69) is 23.7 Å². The van der Waals surface area contributed by atoms with Crippen molar-refractivity contribution in [3.63, 3.8) is 0 Å². The zero-order valence-electron chi connectivity index (χ0n) is 6.42.